The van der Waals surface area contributed by atoms with E-state index in [0.29, 0.717) is 6.61 Å². The van der Waals surface area contributed by atoms with Gasteiger partial charge in [0.25, 0.3) is 0 Å². The fourth-order valence-electron chi connectivity index (χ4n) is 0.375. The molecule has 0 fully saturated rings. The van der Waals surface area contributed by atoms with Gasteiger partial charge in [-0.1, -0.05) is 5.16 Å². The first-order valence-electron chi connectivity index (χ1n) is 3.52. The van der Waals surface area contributed by atoms with E-state index in [9.17, 15) is 4.79 Å². The van der Waals surface area contributed by atoms with E-state index in [1.807, 2.05) is 13.8 Å². The van der Waals surface area contributed by atoms with Crippen LogP contribution in [-0.2, 0) is 14.4 Å². The molecule has 0 aromatic rings. The number of esters is 1. The number of nitrogens with zero attached hydrogens (tertiary/aromatic N) is 1. The molecular formula is C7H13NO3. The highest BCUT2D eigenvalue weighted by Gasteiger charge is 1.94. The zero-order valence-corrected chi connectivity index (χ0v) is 7.03. The molecule has 0 saturated heterocycles. The third kappa shape index (κ3) is 6.83. The Labute approximate surface area is 66.2 Å². The van der Waals surface area contributed by atoms with Crippen LogP contribution in [0.3, 0.4) is 0 Å². The lowest BCUT2D eigenvalue weighted by Crippen LogP contribution is -2.06. The number of hydrogen-bond donors (Lipinski definition) is 0. The summed E-state index contributed by atoms with van der Waals surface area (Å²) in [5.74, 6) is -0.479. The number of rotatable bonds is 4. The first kappa shape index (κ1) is 9.94. The Morgan fingerprint density at radius 3 is 2.73 bits per heavy atom. The molecule has 4 nitrogen and oxygen atoms in total. The SMILES string of the molecule is CCOC(=O)C=NOC(C)C. The summed E-state index contributed by atoms with van der Waals surface area (Å²) in [5.41, 5.74) is 0. The molecule has 0 aliphatic carbocycles. The van der Waals surface area contributed by atoms with E-state index in [0.717, 1.165) is 6.21 Å². The maximum atomic E-state index is 10.6. The minimum absolute atomic E-state index is 0.0133. The van der Waals surface area contributed by atoms with Crippen LogP contribution in [0.5, 0.6) is 0 Å². The summed E-state index contributed by atoms with van der Waals surface area (Å²) in [7, 11) is 0. The van der Waals surface area contributed by atoms with E-state index in [1.165, 1.54) is 0 Å². The molecule has 0 rings (SSSR count). The summed E-state index contributed by atoms with van der Waals surface area (Å²) in [5, 5.41) is 3.39. The molecule has 4 heteroatoms. The van der Waals surface area contributed by atoms with Gasteiger partial charge in [-0.15, -0.1) is 0 Å². The predicted octanol–water partition coefficient (Wildman–Crippen LogP) is 0.960. The van der Waals surface area contributed by atoms with Crippen molar-refractivity contribution < 1.29 is 14.4 Å². The lowest BCUT2D eigenvalue weighted by molar-refractivity contribution is -0.134. The summed E-state index contributed by atoms with van der Waals surface area (Å²) < 4.78 is 4.56. The molecule has 64 valence electrons. The van der Waals surface area contributed by atoms with Gasteiger partial charge in [-0.2, -0.15) is 0 Å². The number of hydrogen-bond acceptors (Lipinski definition) is 4. The van der Waals surface area contributed by atoms with E-state index in [2.05, 4.69) is 9.89 Å². The first-order valence-corrected chi connectivity index (χ1v) is 3.52. The Morgan fingerprint density at radius 1 is 1.64 bits per heavy atom. The smallest absolute Gasteiger partial charge is 0.352 e. The molecule has 0 N–H and O–H groups in total. The third-order valence-corrected chi connectivity index (χ3v) is 0.716. The average Bonchev–Trinajstić information content (AvgIpc) is 1.87. The lowest BCUT2D eigenvalue weighted by Gasteiger charge is -1.99. The fraction of sp³-hybridized carbons (Fsp3) is 0.714. The van der Waals surface area contributed by atoms with Gasteiger partial charge in [0.15, 0.2) is 6.21 Å². The van der Waals surface area contributed by atoms with Crippen LogP contribution < -0.4 is 0 Å². The maximum absolute atomic E-state index is 10.6. The van der Waals surface area contributed by atoms with Crippen molar-refractivity contribution in [1.29, 1.82) is 0 Å². The van der Waals surface area contributed by atoms with Crippen LogP contribution in [0.1, 0.15) is 20.8 Å². The highest BCUT2D eigenvalue weighted by Crippen LogP contribution is 1.86. The molecule has 0 aliphatic heterocycles. The van der Waals surface area contributed by atoms with Gasteiger partial charge >= 0.3 is 5.97 Å². The van der Waals surface area contributed by atoms with Gasteiger partial charge in [0.2, 0.25) is 0 Å². The largest absolute Gasteiger partial charge is 0.462 e. The molecule has 0 bridgehead atoms. The van der Waals surface area contributed by atoms with Crippen molar-refractivity contribution in [2.75, 3.05) is 6.61 Å². The van der Waals surface area contributed by atoms with Crippen LogP contribution in [0.4, 0.5) is 0 Å². The van der Waals surface area contributed by atoms with Crippen molar-refractivity contribution in [1.82, 2.24) is 0 Å². The zero-order valence-electron chi connectivity index (χ0n) is 7.03. The monoisotopic (exact) mass is 159 g/mol. The summed E-state index contributed by atoms with van der Waals surface area (Å²) in [6.07, 6.45) is 1.00. The second kappa shape index (κ2) is 5.70. The van der Waals surface area contributed by atoms with Crippen LogP contribution >= 0.6 is 0 Å². The standard InChI is InChI=1S/C7H13NO3/c1-4-10-7(9)5-8-11-6(2)3/h5-6H,4H2,1-3H3. The molecule has 0 amide bonds. The molecule has 0 heterocycles. The van der Waals surface area contributed by atoms with Crippen molar-refractivity contribution in [3.05, 3.63) is 0 Å². The Bertz CT molecular complexity index is 143. The molecule has 0 aromatic heterocycles. The summed E-state index contributed by atoms with van der Waals surface area (Å²) in [4.78, 5) is 15.3. The van der Waals surface area contributed by atoms with Crippen LogP contribution in [0.2, 0.25) is 0 Å². The number of ether oxygens (including phenoxy) is 1. The zero-order chi connectivity index (χ0) is 8.69. The normalized spacial score (nSPS) is 10.5. The first-order chi connectivity index (χ1) is 5.16. The van der Waals surface area contributed by atoms with Crippen molar-refractivity contribution in [2.24, 2.45) is 5.16 Å². The molecule has 0 aliphatic rings. The van der Waals surface area contributed by atoms with Crippen molar-refractivity contribution in [3.63, 3.8) is 0 Å². The molecule has 0 aromatic carbocycles. The Balaban J connectivity index is 3.48. The molecule has 0 unspecified atom stereocenters. The molecule has 0 spiro atoms. The highest BCUT2D eigenvalue weighted by molar-refractivity contribution is 6.22. The minimum atomic E-state index is -0.479. The van der Waals surface area contributed by atoms with Crippen molar-refractivity contribution in [3.8, 4) is 0 Å². The van der Waals surface area contributed by atoms with E-state index in [1.54, 1.807) is 6.92 Å². The summed E-state index contributed by atoms with van der Waals surface area (Å²) in [6, 6.07) is 0. The molecule has 0 atom stereocenters. The minimum Gasteiger partial charge on any atom is -0.462 e. The van der Waals surface area contributed by atoms with Crippen LogP contribution in [0.15, 0.2) is 5.16 Å². The topological polar surface area (TPSA) is 47.9 Å². The fourth-order valence-corrected chi connectivity index (χ4v) is 0.375. The maximum Gasteiger partial charge on any atom is 0.352 e. The van der Waals surface area contributed by atoms with Gasteiger partial charge in [-0.25, -0.2) is 4.79 Å². The van der Waals surface area contributed by atoms with Crippen LogP contribution in [0, 0.1) is 0 Å². The highest BCUT2D eigenvalue weighted by atomic mass is 16.6. The van der Waals surface area contributed by atoms with E-state index in [4.69, 9.17) is 4.84 Å². The third-order valence-electron chi connectivity index (χ3n) is 0.716. The molecule has 0 saturated carbocycles. The molecule has 11 heavy (non-hydrogen) atoms. The Hall–Kier alpha value is -1.06. The van der Waals surface area contributed by atoms with E-state index >= 15 is 0 Å². The molecular weight excluding hydrogens is 146 g/mol. The van der Waals surface area contributed by atoms with Crippen molar-refractivity contribution >= 4 is 12.2 Å². The number of oxime groups is 1. The van der Waals surface area contributed by atoms with Gasteiger partial charge in [-0.3, -0.25) is 0 Å². The van der Waals surface area contributed by atoms with E-state index < -0.39 is 5.97 Å². The summed E-state index contributed by atoms with van der Waals surface area (Å²) in [6.45, 7) is 5.73. The predicted molar refractivity (Wildman–Crippen MR) is 41.3 cm³/mol. The van der Waals surface area contributed by atoms with Gasteiger partial charge < -0.3 is 9.57 Å². The van der Waals surface area contributed by atoms with Crippen LogP contribution in [-0.4, -0.2) is 24.9 Å². The van der Waals surface area contributed by atoms with Crippen molar-refractivity contribution in [2.45, 2.75) is 26.9 Å². The summed E-state index contributed by atoms with van der Waals surface area (Å²) >= 11 is 0. The Kier molecular flexibility index (Phi) is 5.15. The van der Waals surface area contributed by atoms with Gasteiger partial charge in [0.1, 0.15) is 6.10 Å². The Morgan fingerprint density at radius 2 is 2.27 bits per heavy atom. The molecule has 0 radical (unpaired) electrons. The number of carbonyl (C=O) groups is 1. The number of carbonyl (C=O) groups excluding carboxylic acids is 1. The van der Waals surface area contributed by atoms with Gasteiger partial charge in [-0.05, 0) is 20.8 Å². The average molecular weight is 159 g/mol. The van der Waals surface area contributed by atoms with Gasteiger partial charge in [0, 0.05) is 0 Å². The lowest BCUT2D eigenvalue weighted by atomic mass is 10.5. The van der Waals surface area contributed by atoms with E-state index in [-0.39, 0.29) is 6.10 Å². The second-order valence-electron chi connectivity index (χ2n) is 2.14. The van der Waals surface area contributed by atoms with Gasteiger partial charge in [0.05, 0.1) is 6.61 Å². The van der Waals surface area contributed by atoms with Crippen LogP contribution in [0.25, 0.3) is 0 Å². The second-order valence-corrected chi connectivity index (χ2v) is 2.14. The quantitative estimate of drug-likeness (QED) is 0.348.